The van der Waals surface area contributed by atoms with Crippen LogP contribution in [0.25, 0.3) is 0 Å². The lowest BCUT2D eigenvalue weighted by Gasteiger charge is -2.16. The Kier molecular flexibility index (Phi) is 7.16. The highest BCUT2D eigenvalue weighted by molar-refractivity contribution is 7.89. The molecule has 1 atom stereocenters. The van der Waals surface area contributed by atoms with Gasteiger partial charge in [-0.1, -0.05) is 36.4 Å². The molecule has 146 valence electrons. The van der Waals surface area contributed by atoms with E-state index < -0.39 is 10.0 Å². The van der Waals surface area contributed by atoms with Crippen molar-refractivity contribution in [3.63, 3.8) is 0 Å². The Bertz CT molecular complexity index is 878. The largest absolute Gasteiger partial charge is 0.350 e. The summed E-state index contributed by atoms with van der Waals surface area (Å²) in [6, 6.07) is 14.4. The first-order valence-electron chi connectivity index (χ1n) is 9.17. The highest BCUT2D eigenvalue weighted by Crippen LogP contribution is 2.17. The van der Waals surface area contributed by atoms with Crippen molar-refractivity contribution in [1.29, 1.82) is 0 Å². The van der Waals surface area contributed by atoms with Crippen molar-refractivity contribution in [2.45, 2.75) is 57.5 Å². The van der Waals surface area contributed by atoms with Gasteiger partial charge in [0.1, 0.15) is 0 Å². The Morgan fingerprint density at radius 2 is 1.70 bits per heavy atom. The Morgan fingerprint density at radius 1 is 1.04 bits per heavy atom. The van der Waals surface area contributed by atoms with Crippen molar-refractivity contribution in [2.75, 3.05) is 0 Å². The number of rotatable bonds is 8. The van der Waals surface area contributed by atoms with Gasteiger partial charge in [0.15, 0.2) is 0 Å². The van der Waals surface area contributed by atoms with E-state index in [1.54, 1.807) is 13.0 Å². The Labute approximate surface area is 162 Å². The first-order valence-corrected chi connectivity index (χ1v) is 10.6. The van der Waals surface area contributed by atoms with E-state index in [0.717, 1.165) is 12.0 Å². The van der Waals surface area contributed by atoms with Gasteiger partial charge in [-0.15, -0.1) is 0 Å². The molecule has 0 spiro atoms. The molecule has 0 aliphatic rings. The van der Waals surface area contributed by atoms with Gasteiger partial charge in [0.05, 0.1) is 4.90 Å². The average Bonchev–Trinajstić information content (AvgIpc) is 2.60. The zero-order valence-electron chi connectivity index (χ0n) is 16.3. The van der Waals surface area contributed by atoms with Crippen LogP contribution in [0.1, 0.15) is 48.7 Å². The summed E-state index contributed by atoms with van der Waals surface area (Å²) in [5, 5.41) is 2.80. The maximum Gasteiger partial charge on any atom is 0.251 e. The van der Waals surface area contributed by atoms with Crippen molar-refractivity contribution in [3.05, 3.63) is 65.2 Å². The molecule has 6 heteroatoms. The molecule has 0 aliphatic carbocycles. The molecule has 2 rings (SSSR count). The van der Waals surface area contributed by atoms with Gasteiger partial charge in [0.2, 0.25) is 10.0 Å². The highest BCUT2D eigenvalue weighted by Gasteiger charge is 2.20. The average molecular weight is 389 g/mol. The summed E-state index contributed by atoms with van der Waals surface area (Å²) in [6.07, 6.45) is 1.48. The van der Waals surface area contributed by atoms with Crippen LogP contribution in [-0.4, -0.2) is 26.4 Å². The maximum atomic E-state index is 12.7. The molecule has 1 amide bonds. The zero-order chi connectivity index (χ0) is 20.0. The monoisotopic (exact) mass is 388 g/mol. The van der Waals surface area contributed by atoms with Crippen molar-refractivity contribution in [1.82, 2.24) is 10.0 Å². The summed E-state index contributed by atoms with van der Waals surface area (Å²) in [5.41, 5.74) is 2.29. The fraction of sp³-hybridized carbons (Fsp3) is 0.381. The van der Waals surface area contributed by atoms with Gasteiger partial charge in [0.25, 0.3) is 5.91 Å². The van der Waals surface area contributed by atoms with Gasteiger partial charge in [0, 0.05) is 17.6 Å². The normalized spacial score (nSPS) is 12.8. The third-order valence-electron chi connectivity index (χ3n) is 4.25. The highest BCUT2D eigenvalue weighted by atomic mass is 32.2. The standard InChI is InChI=1S/C21H28N2O3S/c1-15(2)22-21(24)20-14-19(13-10-16(20)3)27(25,26)23-17(4)11-12-18-8-6-5-7-9-18/h5-10,13-15,17,23H,11-12H2,1-4H3,(H,22,24)/t17-/m0/s1. The van der Waals surface area contributed by atoms with Gasteiger partial charge in [-0.3, -0.25) is 4.79 Å². The lowest BCUT2D eigenvalue weighted by Crippen LogP contribution is -2.34. The van der Waals surface area contributed by atoms with Gasteiger partial charge < -0.3 is 5.32 Å². The Morgan fingerprint density at radius 3 is 2.33 bits per heavy atom. The second-order valence-electron chi connectivity index (χ2n) is 7.15. The van der Waals surface area contributed by atoms with Crippen LogP contribution < -0.4 is 10.0 Å². The summed E-state index contributed by atoms with van der Waals surface area (Å²) >= 11 is 0. The SMILES string of the molecule is Cc1ccc(S(=O)(=O)N[C@@H](C)CCc2ccccc2)cc1C(=O)NC(C)C. The predicted molar refractivity (Wildman–Crippen MR) is 108 cm³/mol. The molecule has 2 aromatic rings. The van der Waals surface area contributed by atoms with Gasteiger partial charge in [-0.05, 0) is 63.8 Å². The molecule has 2 N–H and O–H groups in total. The van der Waals surface area contributed by atoms with E-state index in [9.17, 15) is 13.2 Å². The third-order valence-corrected chi connectivity index (χ3v) is 5.84. The predicted octanol–water partition coefficient (Wildman–Crippen LogP) is 3.43. The Hall–Kier alpha value is -2.18. The molecule has 5 nitrogen and oxygen atoms in total. The van der Waals surface area contributed by atoms with Crippen LogP contribution in [-0.2, 0) is 16.4 Å². The number of carbonyl (C=O) groups excluding carboxylic acids is 1. The van der Waals surface area contributed by atoms with Crippen LogP contribution >= 0.6 is 0 Å². The van der Waals surface area contributed by atoms with E-state index in [2.05, 4.69) is 10.0 Å². The summed E-state index contributed by atoms with van der Waals surface area (Å²) < 4.78 is 28.1. The lowest BCUT2D eigenvalue weighted by molar-refractivity contribution is 0.0942. The number of benzene rings is 2. The minimum Gasteiger partial charge on any atom is -0.350 e. The second kappa shape index (κ2) is 9.15. The lowest BCUT2D eigenvalue weighted by atomic mass is 10.1. The van der Waals surface area contributed by atoms with Crippen molar-refractivity contribution < 1.29 is 13.2 Å². The molecule has 0 heterocycles. The van der Waals surface area contributed by atoms with Crippen LogP contribution in [0.15, 0.2) is 53.4 Å². The van der Waals surface area contributed by atoms with Crippen molar-refractivity contribution in [2.24, 2.45) is 0 Å². The quantitative estimate of drug-likeness (QED) is 0.727. The van der Waals surface area contributed by atoms with Crippen LogP contribution in [0.5, 0.6) is 0 Å². The smallest absolute Gasteiger partial charge is 0.251 e. The van der Waals surface area contributed by atoms with Gasteiger partial charge >= 0.3 is 0 Å². The molecule has 0 bridgehead atoms. The van der Waals surface area contributed by atoms with Crippen LogP contribution in [0.3, 0.4) is 0 Å². The molecular weight excluding hydrogens is 360 g/mol. The van der Waals surface area contributed by atoms with Crippen LogP contribution in [0.4, 0.5) is 0 Å². The topological polar surface area (TPSA) is 75.3 Å². The minimum absolute atomic E-state index is 0.0201. The number of amides is 1. The van der Waals surface area contributed by atoms with Crippen molar-refractivity contribution in [3.8, 4) is 0 Å². The molecule has 2 aromatic carbocycles. The van der Waals surface area contributed by atoms with E-state index in [1.165, 1.54) is 17.7 Å². The number of hydrogen-bond donors (Lipinski definition) is 2. The van der Waals surface area contributed by atoms with E-state index in [1.807, 2.05) is 51.1 Å². The number of sulfonamides is 1. The number of carbonyl (C=O) groups is 1. The molecule has 0 fully saturated rings. The second-order valence-corrected chi connectivity index (χ2v) is 8.87. The first kappa shape index (κ1) is 21.1. The molecule has 27 heavy (non-hydrogen) atoms. The minimum atomic E-state index is -3.70. The van der Waals surface area contributed by atoms with E-state index in [4.69, 9.17) is 0 Å². The number of nitrogens with one attached hydrogen (secondary N) is 2. The van der Waals surface area contributed by atoms with Gasteiger partial charge in [-0.25, -0.2) is 13.1 Å². The first-order chi connectivity index (χ1) is 12.7. The van der Waals surface area contributed by atoms with Crippen molar-refractivity contribution >= 4 is 15.9 Å². The van der Waals surface area contributed by atoms with E-state index in [0.29, 0.717) is 12.0 Å². The molecule has 0 aliphatic heterocycles. The maximum absolute atomic E-state index is 12.7. The third kappa shape index (κ3) is 6.19. The van der Waals surface area contributed by atoms with Crippen LogP contribution in [0.2, 0.25) is 0 Å². The fourth-order valence-corrected chi connectivity index (χ4v) is 4.08. The molecule has 0 aromatic heterocycles. The molecule has 0 unspecified atom stereocenters. The molecule has 0 radical (unpaired) electrons. The van der Waals surface area contributed by atoms with Crippen LogP contribution in [0, 0.1) is 6.92 Å². The summed E-state index contributed by atoms with van der Waals surface area (Å²) in [6.45, 7) is 7.37. The molecule has 0 saturated heterocycles. The number of hydrogen-bond acceptors (Lipinski definition) is 3. The summed E-state index contributed by atoms with van der Waals surface area (Å²) in [7, 11) is -3.70. The molecule has 0 saturated carbocycles. The summed E-state index contributed by atoms with van der Waals surface area (Å²) in [4.78, 5) is 12.4. The molecular formula is C21H28N2O3S. The van der Waals surface area contributed by atoms with E-state index >= 15 is 0 Å². The Balaban J connectivity index is 2.10. The van der Waals surface area contributed by atoms with E-state index in [-0.39, 0.29) is 22.9 Å². The zero-order valence-corrected chi connectivity index (χ0v) is 17.1. The fourth-order valence-electron chi connectivity index (χ4n) is 2.77. The summed E-state index contributed by atoms with van der Waals surface area (Å²) in [5.74, 6) is -0.267. The number of aryl methyl sites for hydroxylation is 2. The van der Waals surface area contributed by atoms with Gasteiger partial charge in [-0.2, -0.15) is 0 Å².